The van der Waals surface area contributed by atoms with E-state index in [0.717, 1.165) is 16.7 Å². The van der Waals surface area contributed by atoms with Crippen LogP contribution in [0.4, 0.5) is 5.69 Å². The van der Waals surface area contributed by atoms with Crippen LogP contribution in [0, 0.1) is 16.0 Å². The summed E-state index contributed by atoms with van der Waals surface area (Å²) in [6.45, 7) is 9.83. The SMILES string of the molecule is CC[C@H](C)[C@@H](C(=O)OC(C)(C)C)N1Cc2cc([N+](=O)[O-])ccc2C(Cc2ccc(OCc3ccccc3)cc2)C1=O. The summed E-state index contributed by atoms with van der Waals surface area (Å²) in [6, 6.07) is 21.3. The first-order valence-corrected chi connectivity index (χ1v) is 14.0. The third-order valence-corrected chi connectivity index (χ3v) is 7.41. The van der Waals surface area contributed by atoms with Crippen LogP contribution in [0.25, 0.3) is 0 Å². The zero-order valence-corrected chi connectivity index (χ0v) is 24.3. The Hall–Kier alpha value is -4.20. The first kappa shape index (κ1) is 29.8. The van der Waals surface area contributed by atoms with Gasteiger partial charge >= 0.3 is 5.97 Å². The third kappa shape index (κ3) is 7.31. The monoisotopic (exact) mass is 558 g/mol. The lowest BCUT2D eigenvalue weighted by Crippen LogP contribution is -2.53. The van der Waals surface area contributed by atoms with Crippen LogP contribution in [-0.2, 0) is 33.9 Å². The molecule has 4 rings (SSSR count). The minimum Gasteiger partial charge on any atom is -0.489 e. The number of fused-ring (bicyclic) bond motifs is 1. The second-order valence-electron chi connectivity index (χ2n) is 11.6. The molecule has 3 atom stereocenters. The number of hydrogen-bond donors (Lipinski definition) is 0. The number of ether oxygens (including phenoxy) is 2. The Morgan fingerprint density at radius 2 is 1.73 bits per heavy atom. The summed E-state index contributed by atoms with van der Waals surface area (Å²) in [5.41, 5.74) is 2.63. The third-order valence-electron chi connectivity index (χ3n) is 7.41. The van der Waals surface area contributed by atoms with Gasteiger partial charge in [0.2, 0.25) is 5.91 Å². The Balaban J connectivity index is 1.63. The van der Waals surface area contributed by atoms with Crippen LogP contribution in [0.5, 0.6) is 5.75 Å². The summed E-state index contributed by atoms with van der Waals surface area (Å²) in [6.07, 6.45) is 1.03. The van der Waals surface area contributed by atoms with E-state index in [1.807, 2.05) is 68.4 Å². The quantitative estimate of drug-likeness (QED) is 0.158. The van der Waals surface area contributed by atoms with E-state index < -0.39 is 28.5 Å². The largest absolute Gasteiger partial charge is 0.489 e. The van der Waals surface area contributed by atoms with Gasteiger partial charge in [0, 0.05) is 18.7 Å². The smallest absolute Gasteiger partial charge is 0.329 e. The van der Waals surface area contributed by atoms with Crippen LogP contribution >= 0.6 is 0 Å². The van der Waals surface area contributed by atoms with E-state index >= 15 is 0 Å². The van der Waals surface area contributed by atoms with E-state index in [9.17, 15) is 19.7 Å². The molecule has 0 spiro atoms. The lowest BCUT2D eigenvalue weighted by molar-refractivity contribution is -0.385. The van der Waals surface area contributed by atoms with Gasteiger partial charge in [-0.1, -0.05) is 68.8 Å². The predicted octanol–water partition coefficient (Wildman–Crippen LogP) is 6.60. The Morgan fingerprint density at radius 1 is 1.05 bits per heavy atom. The maximum Gasteiger partial charge on any atom is 0.329 e. The second-order valence-corrected chi connectivity index (χ2v) is 11.6. The molecule has 8 heteroatoms. The molecule has 0 aromatic heterocycles. The maximum atomic E-state index is 14.1. The lowest BCUT2D eigenvalue weighted by Gasteiger charge is -2.41. The van der Waals surface area contributed by atoms with Crippen LogP contribution < -0.4 is 4.74 Å². The van der Waals surface area contributed by atoms with Gasteiger partial charge in [-0.25, -0.2) is 4.79 Å². The summed E-state index contributed by atoms with van der Waals surface area (Å²) in [5.74, 6) is -0.716. The number of non-ortho nitro benzene ring substituents is 1. The first-order valence-electron chi connectivity index (χ1n) is 14.0. The highest BCUT2D eigenvalue weighted by Crippen LogP contribution is 2.37. The number of rotatable bonds is 10. The van der Waals surface area contributed by atoms with Gasteiger partial charge in [-0.15, -0.1) is 0 Å². The predicted molar refractivity (Wildman–Crippen MR) is 156 cm³/mol. The summed E-state index contributed by atoms with van der Waals surface area (Å²) in [4.78, 5) is 40.2. The molecule has 216 valence electrons. The summed E-state index contributed by atoms with van der Waals surface area (Å²) in [7, 11) is 0. The van der Waals surface area contributed by atoms with Crippen molar-refractivity contribution in [3.63, 3.8) is 0 Å². The second kappa shape index (κ2) is 12.5. The van der Waals surface area contributed by atoms with E-state index in [0.29, 0.717) is 30.8 Å². The molecular weight excluding hydrogens is 520 g/mol. The molecular formula is C33H38N2O6. The molecule has 8 nitrogen and oxygen atoms in total. The van der Waals surface area contributed by atoms with Crippen molar-refractivity contribution in [3.05, 3.63) is 105 Å². The number of benzene rings is 3. The van der Waals surface area contributed by atoms with Crippen molar-refractivity contribution < 1.29 is 24.0 Å². The molecule has 0 radical (unpaired) electrons. The van der Waals surface area contributed by atoms with Gasteiger partial charge in [-0.2, -0.15) is 0 Å². The highest BCUT2D eigenvalue weighted by Gasteiger charge is 2.43. The maximum absolute atomic E-state index is 14.1. The number of nitro groups is 1. The molecule has 1 heterocycles. The van der Waals surface area contributed by atoms with Crippen LogP contribution in [0.3, 0.4) is 0 Å². The van der Waals surface area contributed by atoms with Crippen molar-refractivity contribution in [2.75, 3.05) is 0 Å². The molecule has 0 saturated heterocycles. The molecule has 0 bridgehead atoms. The van der Waals surface area contributed by atoms with Crippen LogP contribution in [0.1, 0.15) is 69.2 Å². The molecule has 0 aliphatic carbocycles. The summed E-state index contributed by atoms with van der Waals surface area (Å²) in [5, 5.41) is 11.6. The molecule has 1 amide bonds. The van der Waals surface area contributed by atoms with Gasteiger partial charge in [-0.05, 0) is 67.5 Å². The molecule has 1 unspecified atom stereocenters. The fourth-order valence-electron chi connectivity index (χ4n) is 5.16. The van der Waals surface area contributed by atoms with Gasteiger partial charge in [0.05, 0.1) is 10.8 Å². The highest BCUT2D eigenvalue weighted by atomic mass is 16.6. The van der Waals surface area contributed by atoms with Crippen LogP contribution in [0.15, 0.2) is 72.8 Å². The number of carbonyl (C=O) groups excluding carboxylic acids is 2. The molecule has 0 fully saturated rings. The van der Waals surface area contributed by atoms with Crippen molar-refractivity contribution in [3.8, 4) is 5.75 Å². The van der Waals surface area contributed by atoms with E-state index in [1.54, 1.807) is 31.7 Å². The number of nitrogens with zero attached hydrogens (tertiary/aromatic N) is 2. The van der Waals surface area contributed by atoms with Gasteiger partial charge in [0.15, 0.2) is 0 Å². The molecule has 1 aliphatic heterocycles. The fourth-order valence-corrected chi connectivity index (χ4v) is 5.16. The molecule has 0 N–H and O–H groups in total. The molecule has 41 heavy (non-hydrogen) atoms. The zero-order valence-electron chi connectivity index (χ0n) is 24.3. The average molecular weight is 559 g/mol. The number of amides is 1. The van der Waals surface area contributed by atoms with E-state index in [-0.39, 0.29) is 24.1 Å². The lowest BCUT2D eigenvalue weighted by atomic mass is 9.82. The topological polar surface area (TPSA) is 99.0 Å². The Morgan fingerprint density at radius 3 is 2.34 bits per heavy atom. The minimum absolute atomic E-state index is 0.0472. The first-order chi connectivity index (χ1) is 19.5. The van der Waals surface area contributed by atoms with E-state index in [1.165, 1.54) is 12.1 Å². The van der Waals surface area contributed by atoms with E-state index in [4.69, 9.17) is 9.47 Å². The minimum atomic E-state index is -0.810. The molecule has 1 aliphatic rings. The standard InChI is InChI=1S/C33H38N2O6/c1-6-22(2)30(32(37)41-33(3,4)5)34-20-25-19-26(35(38)39)14-17-28(25)29(31(34)36)18-23-12-15-27(16-13-23)40-21-24-10-8-7-9-11-24/h7-17,19,22,29-30H,6,18,20-21H2,1-5H3/t22-,29?,30-/m0/s1. The summed E-state index contributed by atoms with van der Waals surface area (Å²) >= 11 is 0. The molecule has 0 saturated carbocycles. The van der Waals surface area contributed by atoms with Gasteiger partial charge in [-0.3, -0.25) is 14.9 Å². The highest BCUT2D eigenvalue weighted by molar-refractivity contribution is 5.91. The Bertz CT molecular complexity index is 1380. The Kier molecular flexibility index (Phi) is 9.11. The van der Waals surface area contributed by atoms with Gasteiger partial charge in [0.1, 0.15) is 24.0 Å². The van der Waals surface area contributed by atoms with Crippen LogP contribution in [-0.4, -0.2) is 33.3 Å². The van der Waals surface area contributed by atoms with Crippen molar-refractivity contribution in [1.82, 2.24) is 4.90 Å². The number of nitro benzene ring substituents is 1. The Labute approximate surface area is 241 Å². The number of esters is 1. The summed E-state index contributed by atoms with van der Waals surface area (Å²) < 4.78 is 11.7. The van der Waals surface area contributed by atoms with Crippen LogP contribution in [0.2, 0.25) is 0 Å². The fraction of sp³-hybridized carbons (Fsp3) is 0.394. The zero-order chi connectivity index (χ0) is 29.7. The molecule has 3 aromatic rings. The molecule has 3 aromatic carbocycles. The van der Waals surface area contributed by atoms with Crippen molar-refractivity contribution in [2.24, 2.45) is 5.92 Å². The van der Waals surface area contributed by atoms with Crippen molar-refractivity contribution in [1.29, 1.82) is 0 Å². The number of carbonyl (C=O) groups is 2. The van der Waals surface area contributed by atoms with E-state index in [2.05, 4.69) is 0 Å². The normalized spacial score (nSPS) is 16.5. The van der Waals surface area contributed by atoms with Crippen molar-refractivity contribution >= 4 is 17.6 Å². The number of hydrogen-bond acceptors (Lipinski definition) is 6. The average Bonchev–Trinajstić information content (AvgIpc) is 2.93. The van der Waals surface area contributed by atoms with Gasteiger partial charge < -0.3 is 14.4 Å². The van der Waals surface area contributed by atoms with Crippen molar-refractivity contribution in [2.45, 2.75) is 78.2 Å². The van der Waals surface area contributed by atoms with Gasteiger partial charge in [0.25, 0.3) is 5.69 Å².